The minimum Gasteiger partial charge on any atom is -0.349 e. The number of rotatable bonds is 4. The molecule has 2 fully saturated rings. The quantitative estimate of drug-likeness (QED) is 0.891. The SMILES string of the molecule is CC(C)C(NC(=O)C1CC12CCNCC2)c1ccccc1Cl. The zero-order valence-electron chi connectivity index (χ0n) is 13.4. The molecule has 2 atom stereocenters. The summed E-state index contributed by atoms with van der Waals surface area (Å²) in [5.74, 6) is 0.713. The van der Waals surface area contributed by atoms with Crippen LogP contribution in [0.1, 0.15) is 44.7 Å². The molecule has 120 valence electrons. The van der Waals surface area contributed by atoms with E-state index in [4.69, 9.17) is 11.6 Å². The molecule has 2 aliphatic rings. The number of amides is 1. The highest BCUT2D eigenvalue weighted by Crippen LogP contribution is 2.58. The van der Waals surface area contributed by atoms with Crippen molar-refractivity contribution in [3.05, 3.63) is 34.9 Å². The van der Waals surface area contributed by atoms with Crippen molar-refractivity contribution in [1.29, 1.82) is 0 Å². The maximum Gasteiger partial charge on any atom is 0.224 e. The van der Waals surface area contributed by atoms with Crippen molar-refractivity contribution in [3.8, 4) is 0 Å². The van der Waals surface area contributed by atoms with Crippen LogP contribution in [0.15, 0.2) is 24.3 Å². The lowest BCUT2D eigenvalue weighted by molar-refractivity contribution is -0.124. The Kier molecular flexibility index (Phi) is 4.47. The van der Waals surface area contributed by atoms with Crippen molar-refractivity contribution in [1.82, 2.24) is 10.6 Å². The smallest absolute Gasteiger partial charge is 0.224 e. The number of piperidine rings is 1. The van der Waals surface area contributed by atoms with Gasteiger partial charge in [0.2, 0.25) is 5.91 Å². The van der Waals surface area contributed by atoms with Crippen LogP contribution >= 0.6 is 11.6 Å². The van der Waals surface area contributed by atoms with Crippen LogP contribution < -0.4 is 10.6 Å². The number of carbonyl (C=O) groups is 1. The van der Waals surface area contributed by atoms with Gasteiger partial charge in [0.15, 0.2) is 0 Å². The topological polar surface area (TPSA) is 41.1 Å². The van der Waals surface area contributed by atoms with Crippen molar-refractivity contribution in [3.63, 3.8) is 0 Å². The molecule has 1 aromatic carbocycles. The molecule has 1 saturated heterocycles. The van der Waals surface area contributed by atoms with Gasteiger partial charge in [0.1, 0.15) is 0 Å². The van der Waals surface area contributed by atoms with E-state index in [9.17, 15) is 4.79 Å². The second-order valence-electron chi connectivity index (χ2n) is 7.12. The van der Waals surface area contributed by atoms with Gasteiger partial charge in [-0.15, -0.1) is 0 Å². The summed E-state index contributed by atoms with van der Waals surface area (Å²) in [6, 6.07) is 7.80. The molecule has 3 rings (SSSR count). The van der Waals surface area contributed by atoms with E-state index in [0.717, 1.165) is 42.9 Å². The molecule has 1 aliphatic carbocycles. The second-order valence-corrected chi connectivity index (χ2v) is 7.53. The fourth-order valence-electron chi connectivity index (χ4n) is 3.78. The fraction of sp³-hybridized carbons (Fsp3) is 0.611. The average Bonchev–Trinajstić information content (AvgIpc) is 3.19. The van der Waals surface area contributed by atoms with Gasteiger partial charge in [0.25, 0.3) is 0 Å². The summed E-state index contributed by atoms with van der Waals surface area (Å²) in [6.45, 7) is 6.34. The van der Waals surface area contributed by atoms with Crippen LogP contribution in [0.3, 0.4) is 0 Å². The van der Waals surface area contributed by atoms with Gasteiger partial charge < -0.3 is 10.6 Å². The van der Waals surface area contributed by atoms with Gasteiger partial charge in [-0.3, -0.25) is 4.79 Å². The lowest BCUT2D eigenvalue weighted by Gasteiger charge is -2.26. The van der Waals surface area contributed by atoms with Crippen molar-refractivity contribution < 1.29 is 4.79 Å². The third kappa shape index (κ3) is 3.02. The van der Waals surface area contributed by atoms with E-state index in [1.165, 1.54) is 0 Å². The molecule has 2 unspecified atom stereocenters. The van der Waals surface area contributed by atoms with Crippen LogP contribution in [0.25, 0.3) is 0 Å². The Morgan fingerprint density at radius 2 is 2.00 bits per heavy atom. The van der Waals surface area contributed by atoms with Crippen molar-refractivity contribution in [2.75, 3.05) is 13.1 Å². The summed E-state index contributed by atoms with van der Waals surface area (Å²) in [7, 11) is 0. The average molecular weight is 321 g/mol. The van der Waals surface area contributed by atoms with Gasteiger partial charge >= 0.3 is 0 Å². The van der Waals surface area contributed by atoms with Crippen LogP contribution in [0, 0.1) is 17.3 Å². The maximum absolute atomic E-state index is 12.7. The maximum atomic E-state index is 12.7. The summed E-state index contributed by atoms with van der Waals surface area (Å²) in [5, 5.41) is 7.38. The lowest BCUT2D eigenvalue weighted by atomic mass is 9.91. The molecule has 22 heavy (non-hydrogen) atoms. The Balaban J connectivity index is 1.70. The number of hydrogen-bond donors (Lipinski definition) is 2. The third-order valence-corrected chi connectivity index (χ3v) is 5.65. The van der Waals surface area contributed by atoms with Gasteiger partial charge in [-0.2, -0.15) is 0 Å². The minimum absolute atomic E-state index is 0.0134. The predicted molar refractivity (Wildman–Crippen MR) is 89.8 cm³/mol. The monoisotopic (exact) mass is 320 g/mol. The molecule has 0 aromatic heterocycles. The van der Waals surface area contributed by atoms with Crippen LogP contribution in [0.5, 0.6) is 0 Å². The minimum atomic E-state index is -0.0134. The van der Waals surface area contributed by atoms with E-state index in [1.807, 2.05) is 24.3 Å². The fourth-order valence-corrected chi connectivity index (χ4v) is 4.03. The number of nitrogens with one attached hydrogen (secondary N) is 2. The lowest BCUT2D eigenvalue weighted by Crippen LogP contribution is -2.36. The Labute approximate surface area is 137 Å². The third-order valence-electron chi connectivity index (χ3n) is 5.31. The Morgan fingerprint density at radius 1 is 1.32 bits per heavy atom. The molecule has 0 radical (unpaired) electrons. The number of halogens is 1. The van der Waals surface area contributed by atoms with Crippen molar-refractivity contribution >= 4 is 17.5 Å². The first-order valence-corrected chi connectivity index (χ1v) is 8.67. The molecule has 3 nitrogen and oxygen atoms in total. The van der Waals surface area contributed by atoms with Gasteiger partial charge in [0.05, 0.1) is 6.04 Å². The molecular weight excluding hydrogens is 296 g/mol. The summed E-state index contributed by atoms with van der Waals surface area (Å²) < 4.78 is 0. The largest absolute Gasteiger partial charge is 0.349 e. The zero-order valence-corrected chi connectivity index (χ0v) is 14.1. The van der Waals surface area contributed by atoms with Gasteiger partial charge in [-0.05, 0) is 55.3 Å². The highest BCUT2D eigenvalue weighted by atomic mass is 35.5. The number of carbonyl (C=O) groups excluding carboxylic acids is 1. The first kappa shape index (κ1) is 15.8. The number of hydrogen-bond acceptors (Lipinski definition) is 2. The highest BCUT2D eigenvalue weighted by Gasteiger charge is 2.57. The van der Waals surface area contributed by atoms with Crippen molar-refractivity contribution in [2.45, 2.75) is 39.2 Å². The van der Waals surface area contributed by atoms with E-state index in [-0.39, 0.29) is 23.3 Å². The highest BCUT2D eigenvalue weighted by molar-refractivity contribution is 6.31. The van der Waals surface area contributed by atoms with E-state index in [0.29, 0.717) is 5.92 Å². The molecule has 1 heterocycles. The Morgan fingerprint density at radius 3 is 2.64 bits per heavy atom. The summed E-state index contributed by atoms with van der Waals surface area (Å²) in [5.41, 5.74) is 1.30. The van der Waals surface area contributed by atoms with Crippen LogP contribution in [-0.4, -0.2) is 19.0 Å². The summed E-state index contributed by atoms with van der Waals surface area (Å²) in [4.78, 5) is 12.7. The van der Waals surface area contributed by atoms with Crippen LogP contribution in [0.2, 0.25) is 5.02 Å². The normalized spacial score (nSPS) is 24.3. The molecule has 2 N–H and O–H groups in total. The first-order valence-electron chi connectivity index (χ1n) is 8.29. The Hall–Kier alpha value is -1.06. The van der Waals surface area contributed by atoms with Crippen LogP contribution in [0.4, 0.5) is 0 Å². The molecule has 1 spiro atoms. The van der Waals surface area contributed by atoms with Crippen molar-refractivity contribution in [2.24, 2.45) is 17.3 Å². The molecule has 4 heteroatoms. The van der Waals surface area contributed by atoms with E-state index < -0.39 is 0 Å². The summed E-state index contributed by atoms with van der Waals surface area (Å²) in [6.07, 6.45) is 3.31. The standard InChI is InChI=1S/C18H25ClN2O/c1-12(2)16(13-5-3-4-6-15(13)19)21-17(22)14-11-18(14)7-9-20-10-8-18/h3-6,12,14,16,20H,7-11H2,1-2H3,(H,21,22). The molecule has 1 saturated carbocycles. The number of benzene rings is 1. The van der Waals surface area contributed by atoms with E-state index in [1.54, 1.807) is 0 Å². The van der Waals surface area contributed by atoms with Gasteiger partial charge in [0, 0.05) is 10.9 Å². The predicted octanol–water partition coefficient (Wildman–Crippen LogP) is 3.54. The zero-order chi connectivity index (χ0) is 15.7. The Bertz CT molecular complexity index is 552. The molecule has 1 amide bonds. The first-order chi connectivity index (χ1) is 10.5. The molecule has 1 aliphatic heterocycles. The van der Waals surface area contributed by atoms with Crippen LogP contribution in [-0.2, 0) is 4.79 Å². The molecule has 0 bridgehead atoms. The van der Waals surface area contributed by atoms with E-state index >= 15 is 0 Å². The van der Waals surface area contributed by atoms with Gasteiger partial charge in [-0.1, -0.05) is 43.6 Å². The van der Waals surface area contributed by atoms with E-state index in [2.05, 4.69) is 24.5 Å². The molecular formula is C18H25ClN2O. The summed E-state index contributed by atoms with van der Waals surface area (Å²) >= 11 is 6.32. The second kappa shape index (κ2) is 6.21. The van der Waals surface area contributed by atoms with Gasteiger partial charge in [-0.25, -0.2) is 0 Å². The molecule has 1 aromatic rings.